The Morgan fingerprint density at radius 2 is 1.34 bits per heavy atom. The SMILES string of the molecule is O=C(c1ccc(Cl)cc1)N(Cc1ccc(Cl)cc1)N1C(=O)[C@@H]2[C@H]3C[C@@H]([C@H](Br)[C@H]3Br)[C@H]2C1=O. The van der Waals surface area contributed by atoms with Gasteiger partial charge in [-0.05, 0) is 60.2 Å². The van der Waals surface area contributed by atoms with Crippen molar-refractivity contribution in [2.75, 3.05) is 0 Å². The largest absolute Gasteiger partial charge is 0.273 e. The molecule has 2 aromatic carbocycles. The minimum absolute atomic E-state index is 0.0684. The van der Waals surface area contributed by atoms with E-state index in [1.165, 1.54) is 5.01 Å². The van der Waals surface area contributed by atoms with Crippen molar-refractivity contribution in [2.45, 2.75) is 22.6 Å². The Labute approximate surface area is 212 Å². The van der Waals surface area contributed by atoms with E-state index >= 15 is 0 Å². The molecule has 6 atom stereocenters. The van der Waals surface area contributed by atoms with Crippen molar-refractivity contribution in [1.82, 2.24) is 10.0 Å². The van der Waals surface area contributed by atoms with Crippen molar-refractivity contribution in [3.05, 3.63) is 69.7 Å². The van der Waals surface area contributed by atoms with Crippen LogP contribution in [0.4, 0.5) is 0 Å². The topological polar surface area (TPSA) is 57.7 Å². The zero-order valence-electron chi connectivity index (χ0n) is 16.6. The van der Waals surface area contributed by atoms with Gasteiger partial charge in [0.1, 0.15) is 0 Å². The molecule has 0 unspecified atom stereocenters. The van der Waals surface area contributed by atoms with Crippen molar-refractivity contribution in [3.63, 3.8) is 0 Å². The molecule has 5 nitrogen and oxygen atoms in total. The molecule has 0 aromatic heterocycles. The Hall–Kier alpha value is -1.41. The van der Waals surface area contributed by atoms with Gasteiger partial charge in [0.05, 0.1) is 18.4 Å². The Morgan fingerprint density at radius 1 is 0.875 bits per heavy atom. The van der Waals surface area contributed by atoms with Crippen molar-refractivity contribution >= 4 is 72.8 Å². The number of rotatable bonds is 4. The fourth-order valence-corrected chi connectivity index (χ4v) is 7.43. The maximum atomic E-state index is 13.5. The minimum atomic E-state index is -0.434. The van der Waals surface area contributed by atoms with E-state index < -0.39 is 17.7 Å². The van der Waals surface area contributed by atoms with Gasteiger partial charge in [0.25, 0.3) is 17.7 Å². The third kappa shape index (κ3) is 3.52. The van der Waals surface area contributed by atoms with Crippen LogP contribution >= 0.6 is 55.1 Å². The first-order valence-corrected chi connectivity index (χ1v) is 12.8. The molecule has 1 heterocycles. The molecule has 2 saturated carbocycles. The smallest absolute Gasteiger partial charge is 0.272 e. The average molecular weight is 601 g/mol. The maximum Gasteiger partial charge on any atom is 0.273 e. The van der Waals surface area contributed by atoms with Gasteiger partial charge in [0.15, 0.2) is 0 Å². The molecule has 0 spiro atoms. The molecule has 5 rings (SSSR count). The van der Waals surface area contributed by atoms with Crippen LogP contribution in [0.3, 0.4) is 0 Å². The van der Waals surface area contributed by atoms with Crippen LogP contribution in [0.25, 0.3) is 0 Å². The predicted octanol–water partition coefficient (Wildman–Crippen LogP) is 5.33. The number of carbonyl (C=O) groups is 3. The van der Waals surface area contributed by atoms with Gasteiger partial charge < -0.3 is 0 Å². The lowest BCUT2D eigenvalue weighted by Crippen LogP contribution is -2.50. The summed E-state index contributed by atoms with van der Waals surface area (Å²) in [5.74, 6) is -1.71. The van der Waals surface area contributed by atoms with Crippen LogP contribution in [-0.2, 0) is 16.1 Å². The zero-order valence-corrected chi connectivity index (χ0v) is 21.3. The molecule has 0 radical (unpaired) electrons. The molecular weight excluding hydrogens is 583 g/mol. The molecule has 2 aromatic rings. The standard InChI is InChI=1S/C23H18Br2Cl2N2O3/c24-19-15-9-16(20(19)25)18-17(15)22(31)29(23(18)32)28(10-11-1-5-13(26)6-2-11)21(30)12-3-7-14(27)8-4-12/h1-8,15-20H,9-10H2/t15-,16-,17-,18-,19+,20+/m1/s1. The minimum Gasteiger partial charge on any atom is -0.272 e. The van der Waals surface area contributed by atoms with Crippen LogP contribution in [0.2, 0.25) is 10.0 Å². The van der Waals surface area contributed by atoms with Crippen LogP contribution in [0.5, 0.6) is 0 Å². The quantitative estimate of drug-likeness (QED) is 0.352. The molecule has 3 aliphatic rings. The number of fused-ring (bicyclic) bond motifs is 5. The summed E-state index contributed by atoms with van der Waals surface area (Å²) in [5, 5.41) is 3.42. The number of benzene rings is 2. The van der Waals surface area contributed by atoms with Crippen molar-refractivity contribution in [3.8, 4) is 0 Å². The molecule has 2 aliphatic carbocycles. The molecule has 0 N–H and O–H groups in total. The number of halogens is 4. The molecule has 32 heavy (non-hydrogen) atoms. The van der Waals surface area contributed by atoms with E-state index in [2.05, 4.69) is 31.9 Å². The summed E-state index contributed by atoms with van der Waals surface area (Å²) in [7, 11) is 0. The summed E-state index contributed by atoms with van der Waals surface area (Å²) in [6, 6.07) is 13.4. The number of nitrogens with zero attached hydrogens (tertiary/aromatic N) is 2. The van der Waals surface area contributed by atoms with Gasteiger partial charge in [-0.15, -0.1) is 0 Å². The molecule has 3 amide bonds. The van der Waals surface area contributed by atoms with Gasteiger partial charge in [0, 0.05) is 25.3 Å². The highest BCUT2D eigenvalue weighted by Gasteiger charge is 2.67. The van der Waals surface area contributed by atoms with Crippen LogP contribution < -0.4 is 0 Å². The summed E-state index contributed by atoms with van der Waals surface area (Å²) in [6.07, 6.45) is 0.828. The Morgan fingerprint density at radius 3 is 1.84 bits per heavy atom. The summed E-state index contributed by atoms with van der Waals surface area (Å²) >= 11 is 19.4. The van der Waals surface area contributed by atoms with E-state index in [9.17, 15) is 14.4 Å². The van der Waals surface area contributed by atoms with E-state index in [1.54, 1.807) is 48.5 Å². The van der Waals surface area contributed by atoms with Gasteiger partial charge in [0.2, 0.25) is 0 Å². The second-order valence-corrected chi connectivity index (χ2v) is 11.5. The van der Waals surface area contributed by atoms with Crippen molar-refractivity contribution in [2.24, 2.45) is 23.7 Å². The summed E-state index contributed by atoms with van der Waals surface area (Å²) in [5.41, 5.74) is 1.11. The molecule has 166 valence electrons. The number of hydrogen-bond acceptors (Lipinski definition) is 3. The van der Waals surface area contributed by atoms with E-state index in [4.69, 9.17) is 23.2 Å². The van der Waals surface area contributed by atoms with E-state index in [-0.39, 0.29) is 39.8 Å². The van der Waals surface area contributed by atoms with Crippen LogP contribution in [0.15, 0.2) is 48.5 Å². The summed E-state index contributed by atoms with van der Waals surface area (Å²) < 4.78 is 0. The molecule has 2 bridgehead atoms. The fourth-order valence-electron chi connectivity index (χ4n) is 5.31. The Kier molecular flexibility index (Phi) is 5.89. The average Bonchev–Trinajstić information content (AvgIpc) is 3.39. The molecule has 1 aliphatic heterocycles. The number of imide groups is 1. The lowest BCUT2D eigenvalue weighted by Gasteiger charge is -2.31. The van der Waals surface area contributed by atoms with Gasteiger partial charge >= 0.3 is 0 Å². The van der Waals surface area contributed by atoms with E-state index in [0.29, 0.717) is 15.6 Å². The van der Waals surface area contributed by atoms with Gasteiger partial charge in [-0.1, -0.05) is 67.2 Å². The molecule has 9 heteroatoms. The van der Waals surface area contributed by atoms with Crippen molar-refractivity contribution < 1.29 is 14.4 Å². The highest BCUT2D eigenvalue weighted by Crippen LogP contribution is 2.60. The Balaban J connectivity index is 1.52. The highest BCUT2D eigenvalue weighted by atomic mass is 79.9. The van der Waals surface area contributed by atoms with Gasteiger partial charge in [-0.2, -0.15) is 5.01 Å². The lowest BCUT2D eigenvalue weighted by atomic mass is 9.81. The number of amides is 3. The van der Waals surface area contributed by atoms with Crippen LogP contribution in [0.1, 0.15) is 22.3 Å². The van der Waals surface area contributed by atoms with Crippen LogP contribution in [-0.4, -0.2) is 37.4 Å². The van der Waals surface area contributed by atoms with Gasteiger partial charge in [-0.3, -0.25) is 14.4 Å². The number of hydrazine groups is 1. The molecule has 1 saturated heterocycles. The second-order valence-electron chi connectivity index (χ2n) is 8.49. The number of hydrogen-bond donors (Lipinski definition) is 0. The summed E-state index contributed by atoms with van der Waals surface area (Å²) in [6.45, 7) is 0.0698. The first-order chi connectivity index (χ1) is 15.3. The molecule has 3 fully saturated rings. The first-order valence-electron chi connectivity index (χ1n) is 10.3. The van der Waals surface area contributed by atoms with E-state index in [1.807, 2.05) is 0 Å². The maximum absolute atomic E-state index is 13.5. The zero-order chi connectivity index (χ0) is 22.7. The van der Waals surface area contributed by atoms with Crippen molar-refractivity contribution in [1.29, 1.82) is 0 Å². The monoisotopic (exact) mass is 598 g/mol. The predicted molar refractivity (Wildman–Crippen MR) is 129 cm³/mol. The highest BCUT2D eigenvalue weighted by molar-refractivity contribution is 9.12. The third-order valence-electron chi connectivity index (χ3n) is 6.78. The van der Waals surface area contributed by atoms with Crippen LogP contribution in [0, 0.1) is 23.7 Å². The normalized spacial score (nSPS) is 30.7. The third-order valence-corrected chi connectivity index (χ3v) is 10.5. The lowest BCUT2D eigenvalue weighted by molar-refractivity contribution is -0.156. The summed E-state index contributed by atoms with van der Waals surface area (Å²) in [4.78, 5) is 40.9. The second kappa shape index (κ2) is 8.42. The fraction of sp³-hybridized carbons (Fsp3) is 0.348. The number of carbonyl (C=O) groups excluding carboxylic acids is 3. The van der Waals surface area contributed by atoms with Gasteiger partial charge in [-0.25, -0.2) is 5.01 Å². The first kappa shape index (κ1) is 22.4. The van der Waals surface area contributed by atoms with E-state index in [0.717, 1.165) is 17.0 Å². The Bertz CT molecular complexity index is 1060. The number of alkyl halides is 2. The molecular formula is C23H18Br2Cl2N2O3.